The molecule has 1 N–H and O–H groups in total. The van der Waals surface area contributed by atoms with Gasteiger partial charge in [0.1, 0.15) is 23.4 Å². The van der Waals surface area contributed by atoms with Crippen LogP contribution in [0, 0.1) is 11.6 Å². The number of para-hydroxylation sites is 1. The van der Waals surface area contributed by atoms with Gasteiger partial charge in [-0.1, -0.05) is 17.3 Å². The summed E-state index contributed by atoms with van der Waals surface area (Å²) in [6.45, 7) is 0.450. The molecule has 1 fully saturated rings. The van der Waals surface area contributed by atoms with Gasteiger partial charge in [0.05, 0.1) is 18.4 Å². The standard InChI is InChI=1S/C20H18F2N4O3/c1-28-17-7-3-2-5-13(17)18-24-19(29-25-18)16-6-4-10-26(16)20(27)23-15-9-8-12(21)11-14(15)22/h2-3,5,7-9,11,16H,4,6,10H2,1H3,(H,23,27). The van der Waals surface area contributed by atoms with E-state index in [2.05, 4.69) is 15.5 Å². The maximum Gasteiger partial charge on any atom is 0.322 e. The predicted octanol–water partition coefficient (Wildman–Crippen LogP) is 4.39. The molecular formula is C20H18F2N4O3. The SMILES string of the molecule is COc1ccccc1-c1noc(C2CCCN2C(=O)Nc2ccc(F)cc2F)n1. The van der Waals surface area contributed by atoms with Crippen molar-refractivity contribution in [2.75, 3.05) is 19.0 Å². The minimum absolute atomic E-state index is 0.0951. The van der Waals surface area contributed by atoms with Crippen molar-refractivity contribution in [3.05, 3.63) is 60.0 Å². The van der Waals surface area contributed by atoms with Crippen LogP contribution in [0.15, 0.2) is 47.0 Å². The lowest BCUT2D eigenvalue weighted by molar-refractivity contribution is 0.193. The molecule has 1 saturated heterocycles. The van der Waals surface area contributed by atoms with Gasteiger partial charge in [-0.05, 0) is 37.1 Å². The Labute approximate surface area is 165 Å². The second-order valence-corrected chi connectivity index (χ2v) is 6.56. The van der Waals surface area contributed by atoms with Gasteiger partial charge in [-0.3, -0.25) is 0 Å². The maximum atomic E-state index is 13.9. The van der Waals surface area contributed by atoms with Crippen molar-refractivity contribution in [2.45, 2.75) is 18.9 Å². The lowest BCUT2D eigenvalue weighted by Gasteiger charge is -2.22. The van der Waals surface area contributed by atoms with Gasteiger partial charge in [-0.15, -0.1) is 0 Å². The lowest BCUT2D eigenvalue weighted by atomic mass is 10.2. The number of aromatic nitrogens is 2. The van der Waals surface area contributed by atoms with Gasteiger partial charge in [-0.25, -0.2) is 13.6 Å². The van der Waals surface area contributed by atoms with E-state index < -0.39 is 23.7 Å². The van der Waals surface area contributed by atoms with Gasteiger partial charge in [0.25, 0.3) is 0 Å². The molecule has 29 heavy (non-hydrogen) atoms. The highest BCUT2D eigenvalue weighted by Gasteiger charge is 2.34. The number of anilines is 1. The molecule has 0 spiro atoms. The summed E-state index contributed by atoms with van der Waals surface area (Å²) < 4.78 is 37.7. The van der Waals surface area contributed by atoms with Gasteiger partial charge in [-0.2, -0.15) is 4.98 Å². The molecule has 0 saturated carbocycles. The number of nitrogens with one attached hydrogen (secondary N) is 1. The van der Waals surface area contributed by atoms with Crippen molar-refractivity contribution < 1.29 is 22.8 Å². The fourth-order valence-corrected chi connectivity index (χ4v) is 3.35. The molecule has 2 aromatic carbocycles. The molecule has 1 aliphatic heterocycles. The van der Waals surface area contributed by atoms with Crippen LogP contribution < -0.4 is 10.1 Å². The third-order valence-corrected chi connectivity index (χ3v) is 4.76. The van der Waals surface area contributed by atoms with Crippen molar-refractivity contribution in [2.24, 2.45) is 0 Å². The van der Waals surface area contributed by atoms with Crippen molar-refractivity contribution >= 4 is 11.7 Å². The van der Waals surface area contributed by atoms with Gasteiger partial charge in [0, 0.05) is 12.6 Å². The number of carbonyl (C=O) groups excluding carboxylic acids is 1. The fourth-order valence-electron chi connectivity index (χ4n) is 3.35. The van der Waals surface area contributed by atoms with E-state index in [4.69, 9.17) is 9.26 Å². The largest absolute Gasteiger partial charge is 0.496 e. The molecule has 2 amide bonds. The van der Waals surface area contributed by atoms with Gasteiger partial charge < -0.3 is 19.5 Å². The van der Waals surface area contributed by atoms with E-state index >= 15 is 0 Å². The van der Waals surface area contributed by atoms with Crippen LogP contribution in [0.3, 0.4) is 0 Å². The first-order chi connectivity index (χ1) is 14.1. The van der Waals surface area contributed by atoms with Crippen molar-refractivity contribution in [3.63, 3.8) is 0 Å². The highest BCUT2D eigenvalue weighted by atomic mass is 19.1. The third-order valence-electron chi connectivity index (χ3n) is 4.76. The van der Waals surface area contributed by atoms with Gasteiger partial charge in [0.2, 0.25) is 11.7 Å². The number of methoxy groups -OCH3 is 1. The molecule has 3 aromatic rings. The molecule has 0 radical (unpaired) electrons. The molecule has 7 nitrogen and oxygen atoms in total. The predicted molar refractivity (Wildman–Crippen MR) is 100 cm³/mol. The second kappa shape index (κ2) is 7.86. The normalized spacial score (nSPS) is 16.1. The Balaban J connectivity index is 1.54. The minimum atomic E-state index is -0.842. The number of hydrogen-bond acceptors (Lipinski definition) is 5. The quantitative estimate of drug-likeness (QED) is 0.702. The molecule has 1 aromatic heterocycles. The summed E-state index contributed by atoms with van der Waals surface area (Å²) >= 11 is 0. The Bertz CT molecular complexity index is 1040. The average molecular weight is 400 g/mol. The van der Waals surface area contributed by atoms with Crippen LogP contribution in [0.1, 0.15) is 24.8 Å². The van der Waals surface area contributed by atoms with E-state index in [-0.39, 0.29) is 11.6 Å². The zero-order valence-corrected chi connectivity index (χ0v) is 15.6. The number of rotatable bonds is 4. The molecule has 4 rings (SSSR count). The van der Waals surface area contributed by atoms with Crippen LogP contribution in [-0.4, -0.2) is 34.7 Å². The summed E-state index contributed by atoms with van der Waals surface area (Å²) in [5.41, 5.74) is 0.578. The molecule has 0 aliphatic carbocycles. The maximum absolute atomic E-state index is 13.9. The van der Waals surface area contributed by atoms with E-state index in [1.165, 1.54) is 11.0 Å². The van der Waals surface area contributed by atoms with Crippen molar-refractivity contribution in [1.82, 2.24) is 15.0 Å². The number of ether oxygens (including phenoxy) is 1. The summed E-state index contributed by atoms with van der Waals surface area (Å²) in [6.07, 6.45) is 1.36. The third kappa shape index (κ3) is 3.75. The molecule has 9 heteroatoms. The highest BCUT2D eigenvalue weighted by Crippen LogP contribution is 2.34. The summed E-state index contributed by atoms with van der Waals surface area (Å²) in [6, 6.07) is 9.29. The highest BCUT2D eigenvalue weighted by molar-refractivity contribution is 5.89. The van der Waals surface area contributed by atoms with Crippen LogP contribution in [0.2, 0.25) is 0 Å². The van der Waals surface area contributed by atoms with E-state index in [0.29, 0.717) is 36.2 Å². The number of amides is 2. The minimum Gasteiger partial charge on any atom is -0.496 e. The van der Waals surface area contributed by atoms with Crippen molar-refractivity contribution in [3.8, 4) is 17.1 Å². The number of benzene rings is 2. The topological polar surface area (TPSA) is 80.5 Å². The van der Waals surface area contributed by atoms with Crippen LogP contribution in [0.4, 0.5) is 19.3 Å². The Morgan fingerprint density at radius 2 is 2.10 bits per heavy atom. The zero-order chi connectivity index (χ0) is 20.4. The molecule has 0 bridgehead atoms. The van der Waals surface area contributed by atoms with Crippen LogP contribution in [0.25, 0.3) is 11.4 Å². The summed E-state index contributed by atoms with van der Waals surface area (Å²) in [5.74, 6) is -0.306. The molecule has 150 valence electrons. The van der Waals surface area contributed by atoms with Gasteiger partial charge in [0.15, 0.2) is 0 Å². The van der Waals surface area contributed by atoms with Crippen LogP contribution in [-0.2, 0) is 0 Å². The molecule has 1 aliphatic rings. The van der Waals surface area contributed by atoms with Crippen LogP contribution >= 0.6 is 0 Å². The molecule has 1 atom stereocenters. The van der Waals surface area contributed by atoms with E-state index in [1.54, 1.807) is 13.2 Å². The Morgan fingerprint density at radius 3 is 2.90 bits per heavy atom. The van der Waals surface area contributed by atoms with Crippen LogP contribution in [0.5, 0.6) is 5.75 Å². The van der Waals surface area contributed by atoms with E-state index in [9.17, 15) is 13.6 Å². The average Bonchev–Trinajstić information content (AvgIpc) is 3.39. The Morgan fingerprint density at radius 1 is 1.28 bits per heavy atom. The number of nitrogens with zero attached hydrogens (tertiary/aromatic N) is 3. The van der Waals surface area contributed by atoms with Gasteiger partial charge >= 0.3 is 6.03 Å². The van der Waals surface area contributed by atoms with E-state index in [1.807, 2.05) is 18.2 Å². The first-order valence-electron chi connectivity index (χ1n) is 9.06. The van der Waals surface area contributed by atoms with E-state index in [0.717, 1.165) is 12.5 Å². The first-order valence-corrected chi connectivity index (χ1v) is 9.06. The Hall–Kier alpha value is -3.49. The summed E-state index contributed by atoms with van der Waals surface area (Å²) in [4.78, 5) is 18.6. The number of hydrogen-bond donors (Lipinski definition) is 1. The first kappa shape index (κ1) is 18.9. The fraction of sp³-hybridized carbons (Fsp3) is 0.250. The molecule has 2 heterocycles. The zero-order valence-electron chi connectivity index (χ0n) is 15.6. The lowest BCUT2D eigenvalue weighted by Crippen LogP contribution is -2.34. The number of carbonyl (C=O) groups is 1. The van der Waals surface area contributed by atoms with Crippen molar-refractivity contribution in [1.29, 1.82) is 0 Å². The second-order valence-electron chi connectivity index (χ2n) is 6.56. The number of halogens is 2. The molecule has 1 unspecified atom stereocenters. The number of urea groups is 1. The number of likely N-dealkylation sites (tertiary alicyclic amines) is 1. The monoisotopic (exact) mass is 400 g/mol. The summed E-state index contributed by atoms with van der Waals surface area (Å²) in [7, 11) is 1.55. The summed E-state index contributed by atoms with van der Waals surface area (Å²) in [5, 5.41) is 6.49. The molecular weight excluding hydrogens is 382 g/mol. The smallest absolute Gasteiger partial charge is 0.322 e. The Kier molecular flexibility index (Phi) is 5.11.